The van der Waals surface area contributed by atoms with Gasteiger partial charge in [-0.15, -0.1) is 0 Å². The zero-order chi connectivity index (χ0) is 20.1. The predicted octanol–water partition coefficient (Wildman–Crippen LogP) is 4.33. The number of hydrogen-bond acceptors (Lipinski definition) is 4. The molecular weight excluding hydrogens is 354 g/mol. The van der Waals surface area contributed by atoms with Gasteiger partial charge < -0.3 is 14.8 Å². The monoisotopic (exact) mass is 383 g/mol. The molecule has 150 valence electrons. The molecule has 2 atom stereocenters. The molecule has 3 rings (SSSR count). The van der Waals surface area contributed by atoms with Gasteiger partial charge >= 0.3 is 5.97 Å². The van der Waals surface area contributed by atoms with Crippen molar-refractivity contribution in [1.82, 2.24) is 5.32 Å². The van der Waals surface area contributed by atoms with Gasteiger partial charge in [-0.3, -0.25) is 9.59 Å². The van der Waals surface area contributed by atoms with E-state index in [4.69, 9.17) is 9.47 Å². The van der Waals surface area contributed by atoms with Crippen LogP contribution < -0.4 is 10.1 Å². The third-order valence-electron chi connectivity index (χ3n) is 5.54. The summed E-state index contributed by atoms with van der Waals surface area (Å²) in [5, 5.41) is 5.08. The third-order valence-corrected chi connectivity index (χ3v) is 5.54. The number of hydrogen-bond donors (Lipinski definition) is 1. The Morgan fingerprint density at radius 1 is 1.00 bits per heavy atom. The van der Waals surface area contributed by atoms with Gasteiger partial charge in [0.1, 0.15) is 5.75 Å². The molecule has 0 saturated heterocycles. The highest BCUT2D eigenvalue weighted by Crippen LogP contribution is 2.26. The second-order valence-corrected chi connectivity index (χ2v) is 7.62. The third kappa shape index (κ3) is 4.83. The SMILES string of the molecule is COc1ccc2cc([C@H](C)C(=O)O[C@@H](C)C(=O)NC3CCCCC3)ccc2c1. The quantitative estimate of drug-likeness (QED) is 0.754. The average molecular weight is 383 g/mol. The highest BCUT2D eigenvalue weighted by atomic mass is 16.5. The summed E-state index contributed by atoms with van der Waals surface area (Å²) in [6.07, 6.45) is 4.73. The zero-order valence-corrected chi connectivity index (χ0v) is 16.9. The van der Waals surface area contributed by atoms with Crippen LogP contribution in [-0.4, -0.2) is 31.1 Å². The average Bonchev–Trinajstić information content (AvgIpc) is 2.72. The topological polar surface area (TPSA) is 64.6 Å². The summed E-state index contributed by atoms with van der Waals surface area (Å²) >= 11 is 0. The van der Waals surface area contributed by atoms with Gasteiger partial charge in [0.2, 0.25) is 0 Å². The van der Waals surface area contributed by atoms with Gasteiger partial charge in [0.25, 0.3) is 5.91 Å². The standard InChI is InChI=1S/C23H29NO4/c1-15(17-9-10-19-14-21(27-3)12-11-18(19)13-17)23(26)28-16(2)22(25)24-20-7-5-4-6-8-20/h9-16,20H,4-8H2,1-3H3,(H,24,25)/t15-,16-/m0/s1. The molecule has 0 bridgehead atoms. The highest BCUT2D eigenvalue weighted by Gasteiger charge is 2.25. The molecule has 0 unspecified atom stereocenters. The lowest BCUT2D eigenvalue weighted by Gasteiger charge is -2.24. The van der Waals surface area contributed by atoms with Crippen LogP contribution in [0.4, 0.5) is 0 Å². The summed E-state index contributed by atoms with van der Waals surface area (Å²) < 4.78 is 10.7. The van der Waals surface area contributed by atoms with Gasteiger partial charge in [-0.05, 0) is 55.2 Å². The zero-order valence-electron chi connectivity index (χ0n) is 16.9. The Labute approximate surface area is 166 Å². The Morgan fingerprint density at radius 2 is 1.68 bits per heavy atom. The van der Waals surface area contributed by atoms with Crippen molar-refractivity contribution in [3.05, 3.63) is 42.0 Å². The summed E-state index contributed by atoms with van der Waals surface area (Å²) in [5.41, 5.74) is 0.863. The number of carbonyl (C=O) groups is 2. The second kappa shape index (κ2) is 9.09. The first-order valence-corrected chi connectivity index (χ1v) is 10.1. The van der Waals surface area contributed by atoms with Crippen LogP contribution >= 0.6 is 0 Å². The molecule has 1 N–H and O–H groups in total. The van der Waals surface area contributed by atoms with Crippen LogP contribution in [0.1, 0.15) is 57.4 Å². The van der Waals surface area contributed by atoms with Crippen LogP contribution in [0.5, 0.6) is 5.75 Å². The first kappa shape index (κ1) is 20.2. The van der Waals surface area contributed by atoms with E-state index in [9.17, 15) is 9.59 Å². The molecule has 1 saturated carbocycles. The minimum Gasteiger partial charge on any atom is -0.497 e. The number of benzene rings is 2. The van der Waals surface area contributed by atoms with Crippen molar-refractivity contribution in [2.75, 3.05) is 7.11 Å². The number of amides is 1. The van der Waals surface area contributed by atoms with Crippen LogP contribution in [0.15, 0.2) is 36.4 Å². The van der Waals surface area contributed by atoms with E-state index in [-0.39, 0.29) is 17.9 Å². The molecule has 0 radical (unpaired) electrons. The molecule has 5 nitrogen and oxygen atoms in total. The molecule has 2 aromatic rings. The van der Waals surface area contributed by atoms with Gasteiger partial charge in [0.15, 0.2) is 6.10 Å². The van der Waals surface area contributed by atoms with Crippen LogP contribution in [0, 0.1) is 0 Å². The second-order valence-electron chi connectivity index (χ2n) is 7.62. The minimum atomic E-state index is -0.790. The fourth-order valence-electron chi connectivity index (χ4n) is 3.67. The van der Waals surface area contributed by atoms with Crippen LogP contribution in [0.2, 0.25) is 0 Å². The van der Waals surface area contributed by atoms with Crippen molar-refractivity contribution in [2.45, 2.75) is 64.0 Å². The molecular formula is C23H29NO4. The number of ether oxygens (including phenoxy) is 2. The van der Waals surface area contributed by atoms with E-state index in [0.717, 1.165) is 47.8 Å². The Bertz CT molecular complexity index is 842. The fraction of sp³-hybridized carbons (Fsp3) is 0.478. The largest absolute Gasteiger partial charge is 0.497 e. The Morgan fingerprint density at radius 3 is 2.39 bits per heavy atom. The van der Waals surface area contributed by atoms with Crippen molar-refractivity contribution in [3.63, 3.8) is 0 Å². The smallest absolute Gasteiger partial charge is 0.313 e. The predicted molar refractivity (Wildman–Crippen MR) is 109 cm³/mol. The fourth-order valence-corrected chi connectivity index (χ4v) is 3.67. The number of esters is 1. The minimum absolute atomic E-state index is 0.206. The number of rotatable bonds is 6. The first-order chi connectivity index (χ1) is 13.5. The van der Waals surface area contributed by atoms with Crippen molar-refractivity contribution in [2.24, 2.45) is 0 Å². The number of fused-ring (bicyclic) bond motifs is 1. The summed E-state index contributed by atoms with van der Waals surface area (Å²) in [7, 11) is 1.64. The Kier molecular flexibility index (Phi) is 6.55. The van der Waals surface area contributed by atoms with Crippen LogP contribution in [0.3, 0.4) is 0 Å². The van der Waals surface area contributed by atoms with Crippen molar-refractivity contribution in [1.29, 1.82) is 0 Å². The molecule has 0 heterocycles. The van der Waals surface area contributed by atoms with Gasteiger partial charge in [0, 0.05) is 6.04 Å². The molecule has 1 aliphatic carbocycles. The normalized spacial score (nSPS) is 17.0. The van der Waals surface area contributed by atoms with E-state index in [1.165, 1.54) is 6.42 Å². The molecule has 1 amide bonds. The van der Waals surface area contributed by atoms with Crippen molar-refractivity contribution < 1.29 is 19.1 Å². The number of methoxy groups -OCH3 is 1. The summed E-state index contributed by atoms with van der Waals surface area (Å²) in [6.45, 7) is 3.44. The van der Waals surface area contributed by atoms with E-state index in [0.29, 0.717) is 0 Å². The number of nitrogens with one attached hydrogen (secondary N) is 1. The molecule has 0 aliphatic heterocycles. The maximum absolute atomic E-state index is 12.6. The Hall–Kier alpha value is -2.56. The molecule has 1 aliphatic rings. The van der Waals surface area contributed by atoms with E-state index in [1.54, 1.807) is 21.0 Å². The molecule has 5 heteroatoms. The van der Waals surface area contributed by atoms with Crippen LogP contribution in [-0.2, 0) is 14.3 Å². The number of carbonyl (C=O) groups excluding carboxylic acids is 2. The lowest BCUT2D eigenvalue weighted by Crippen LogP contribution is -2.43. The van der Waals surface area contributed by atoms with Gasteiger partial charge in [-0.2, -0.15) is 0 Å². The summed E-state index contributed by atoms with van der Waals surface area (Å²) in [4.78, 5) is 24.9. The highest BCUT2D eigenvalue weighted by molar-refractivity contribution is 5.88. The van der Waals surface area contributed by atoms with Crippen molar-refractivity contribution >= 4 is 22.6 Å². The molecule has 1 fully saturated rings. The maximum Gasteiger partial charge on any atom is 0.313 e. The summed E-state index contributed by atoms with van der Waals surface area (Å²) in [6, 6.07) is 11.9. The Balaban J connectivity index is 1.61. The lowest BCUT2D eigenvalue weighted by molar-refractivity contribution is -0.156. The van der Waals surface area contributed by atoms with Crippen LogP contribution in [0.25, 0.3) is 10.8 Å². The molecule has 2 aromatic carbocycles. The molecule has 28 heavy (non-hydrogen) atoms. The maximum atomic E-state index is 12.6. The van der Waals surface area contributed by atoms with E-state index in [2.05, 4.69) is 5.32 Å². The van der Waals surface area contributed by atoms with Gasteiger partial charge in [-0.1, -0.05) is 43.5 Å². The van der Waals surface area contributed by atoms with Crippen molar-refractivity contribution in [3.8, 4) is 5.75 Å². The van der Waals surface area contributed by atoms with E-state index >= 15 is 0 Å². The van der Waals surface area contributed by atoms with E-state index in [1.807, 2.05) is 36.4 Å². The van der Waals surface area contributed by atoms with E-state index < -0.39 is 12.0 Å². The first-order valence-electron chi connectivity index (χ1n) is 10.1. The molecule has 0 spiro atoms. The lowest BCUT2D eigenvalue weighted by atomic mass is 9.95. The summed E-state index contributed by atoms with van der Waals surface area (Å²) in [5.74, 6) is -0.251. The van der Waals surface area contributed by atoms with Gasteiger partial charge in [-0.25, -0.2) is 0 Å². The van der Waals surface area contributed by atoms with Gasteiger partial charge in [0.05, 0.1) is 13.0 Å². The molecule has 0 aromatic heterocycles.